The van der Waals surface area contributed by atoms with Gasteiger partial charge in [0.1, 0.15) is 23.9 Å². The second kappa shape index (κ2) is 7.60. The number of carbonyl (C=O) groups is 1. The van der Waals surface area contributed by atoms with Gasteiger partial charge in [0.05, 0.1) is 11.2 Å². The molecule has 0 radical (unpaired) electrons. The lowest BCUT2D eigenvalue weighted by molar-refractivity contribution is 0.0991. The Morgan fingerprint density at radius 2 is 2.04 bits per heavy atom. The van der Waals surface area contributed by atoms with Gasteiger partial charge in [0.2, 0.25) is 0 Å². The van der Waals surface area contributed by atoms with Gasteiger partial charge < -0.3 is 14.5 Å². The largest absolute Gasteiger partial charge is 0.486 e. The van der Waals surface area contributed by atoms with Gasteiger partial charge in [-0.25, -0.2) is 4.68 Å². The lowest BCUT2D eigenvalue weighted by Gasteiger charge is -2.22. The molecule has 0 atom stereocenters. The first-order valence-corrected chi connectivity index (χ1v) is 9.37. The molecule has 0 aliphatic heterocycles. The van der Waals surface area contributed by atoms with Crippen LogP contribution in [0.5, 0.6) is 5.75 Å². The molecule has 2 heterocycles. The van der Waals surface area contributed by atoms with Gasteiger partial charge in [-0.15, -0.1) is 0 Å². The maximum absolute atomic E-state index is 12.5. The van der Waals surface area contributed by atoms with Crippen LogP contribution in [0, 0.1) is 6.92 Å². The number of furan rings is 1. The summed E-state index contributed by atoms with van der Waals surface area (Å²) in [5.74, 6) is 1.82. The fourth-order valence-corrected chi connectivity index (χ4v) is 2.94. The van der Waals surface area contributed by atoms with Gasteiger partial charge in [0.25, 0.3) is 5.91 Å². The summed E-state index contributed by atoms with van der Waals surface area (Å²) in [6.45, 7) is 8.21. The maximum Gasteiger partial charge on any atom is 0.292 e. The number of amides is 1. The molecule has 7 heteroatoms. The van der Waals surface area contributed by atoms with Crippen molar-refractivity contribution in [1.82, 2.24) is 9.78 Å². The average Bonchev–Trinajstić information content (AvgIpc) is 3.19. The first kappa shape index (κ1) is 19.2. The van der Waals surface area contributed by atoms with Crippen molar-refractivity contribution in [1.29, 1.82) is 0 Å². The van der Waals surface area contributed by atoms with Gasteiger partial charge in [0, 0.05) is 10.5 Å². The van der Waals surface area contributed by atoms with E-state index in [9.17, 15) is 4.79 Å². The molecule has 1 aromatic carbocycles. The average molecular weight is 432 g/mol. The number of halogens is 1. The minimum atomic E-state index is -0.325. The van der Waals surface area contributed by atoms with Gasteiger partial charge in [0.15, 0.2) is 5.76 Å². The lowest BCUT2D eigenvalue weighted by Crippen LogP contribution is -2.26. The Morgan fingerprint density at radius 1 is 1.26 bits per heavy atom. The van der Waals surface area contributed by atoms with Gasteiger partial charge in [-0.1, -0.05) is 22.0 Å². The first-order valence-electron chi connectivity index (χ1n) is 8.58. The van der Waals surface area contributed by atoms with Crippen molar-refractivity contribution in [3.05, 3.63) is 64.2 Å². The number of benzene rings is 1. The first-order chi connectivity index (χ1) is 12.7. The second-order valence-corrected chi connectivity index (χ2v) is 8.14. The molecule has 3 rings (SSSR count). The molecule has 6 nitrogen and oxygen atoms in total. The SMILES string of the molecule is Cc1cc(NC(=O)c2ccc(COc3cccc(Br)c3)o2)n(C(C)(C)C)n1. The predicted octanol–water partition coefficient (Wildman–Crippen LogP) is 5.13. The topological polar surface area (TPSA) is 69.3 Å². The zero-order valence-electron chi connectivity index (χ0n) is 15.7. The number of hydrogen-bond donors (Lipinski definition) is 1. The van der Waals surface area contributed by atoms with Crippen LogP contribution in [0.4, 0.5) is 5.82 Å². The van der Waals surface area contributed by atoms with E-state index in [2.05, 4.69) is 26.3 Å². The molecule has 0 saturated heterocycles. The molecule has 3 aromatic rings. The third-order valence-electron chi connectivity index (χ3n) is 3.77. The lowest BCUT2D eigenvalue weighted by atomic mass is 10.1. The van der Waals surface area contributed by atoms with Crippen LogP contribution in [-0.2, 0) is 12.1 Å². The van der Waals surface area contributed by atoms with Crippen molar-refractivity contribution in [2.24, 2.45) is 0 Å². The Hall–Kier alpha value is -2.54. The van der Waals surface area contributed by atoms with Crippen molar-refractivity contribution in [2.45, 2.75) is 39.8 Å². The molecule has 0 fully saturated rings. The molecule has 27 heavy (non-hydrogen) atoms. The van der Waals surface area contributed by atoms with E-state index in [1.807, 2.05) is 58.0 Å². The van der Waals surface area contributed by atoms with Gasteiger partial charge in [-0.05, 0) is 58.0 Å². The van der Waals surface area contributed by atoms with Crippen LogP contribution < -0.4 is 10.1 Å². The van der Waals surface area contributed by atoms with Crippen molar-refractivity contribution in [3.63, 3.8) is 0 Å². The Kier molecular flexibility index (Phi) is 5.41. The van der Waals surface area contributed by atoms with Crippen molar-refractivity contribution < 1.29 is 13.9 Å². The summed E-state index contributed by atoms with van der Waals surface area (Å²) in [6, 6.07) is 12.7. The second-order valence-electron chi connectivity index (χ2n) is 7.22. The highest BCUT2D eigenvalue weighted by atomic mass is 79.9. The van der Waals surface area contributed by atoms with Crippen molar-refractivity contribution in [3.8, 4) is 5.75 Å². The van der Waals surface area contributed by atoms with Crippen molar-refractivity contribution >= 4 is 27.7 Å². The van der Waals surface area contributed by atoms with E-state index in [1.165, 1.54) is 0 Å². The highest BCUT2D eigenvalue weighted by Crippen LogP contribution is 2.23. The highest BCUT2D eigenvalue weighted by molar-refractivity contribution is 9.10. The summed E-state index contributed by atoms with van der Waals surface area (Å²) in [7, 11) is 0. The number of aromatic nitrogens is 2. The molecule has 1 amide bonds. The minimum Gasteiger partial charge on any atom is -0.486 e. The highest BCUT2D eigenvalue weighted by Gasteiger charge is 2.21. The van der Waals surface area contributed by atoms with Gasteiger partial charge in [-0.3, -0.25) is 4.79 Å². The summed E-state index contributed by atoms with van der Waals surface area (Å²) in [4.78, 5) is 12.5. The number of anilines is 1. The molecular weight excluding hydrogens is 410 g/mol. The standard InChI is InChI=1S/C20H22BrN3O3/c1-13-10-18(24(23-13)20(2,3)4)22-19(25)17-9-8-16(27-17)12-26-15-7-5-6-14(21)11-15/h5-11H,12H2,1-4H3,(H,22,25). The molecule has 142 valence electrons. The van der Waals surface area contributed by atoms with E-state index in [4.69, 9.17) is 9.15 Å². The quantitative estimate of drug-likeness (QED) is 0.607. The van der Waals surface area contributed by atoms with Crippen LogP contribution in [0.25, 0.3) is 0 Å². The van der Waals surface area contributed by atoms with Gasteiger partial charge in [-0.2, -0.15) is 5.10 Å². The van der Waals surface area contributed by atoms with Crippen LogP contribution in [0.15, 0.2) is 51.4 Å². The number of nitrogens with zero attached hydrogens (tertiary/aromatic N) is 2. The van der Waals surface area contributed by atoms with E-state index in [1.54, 1.807) is 16.8 Å². The summed E-state index contributed by atoms with van der Waals surface area (Å²) >= 11 is 3.40. The molecule has 0 spiro atoms. The molecule has 0 saturated carbocycles. The summed E-state index contributed by atoms with van der Waals surface area (Å²) < 4.78 is 14.0. The van der Waals surface area contributed by atoms with E-state index in [0.29, 0.717) is 11.6 Å². The van der Waals surface area contributed by atoms with Crippen LogP contribution in [0.2, 0.25) is 0 Å². The molecule has 0 bridgehead atoms. The number of hydrogen-bond acceptors (Lipinski definition) is 4. The number of rotatable bonds is 5. The van der Waals surface area contributed by atoms with E-state index in [0.717, 1.165) is 15.9 Å². The van der Waals surface area contributed by atoms with Crippen LogP contribution >= 0.6 is 15.9 Å². The fourth-order valence-electron chi connectivity index (χ4n) is 2.57. The molecule has 0 aliphatic carbocycles. The zero-order valence-corrected chi connectivity index (χ0v) is 17.3. The minimum absolute atomic E-state index is 0.224. The van der Waals surface area contributed by atoms with Gasteiger partial charge >= 0.3 is 0 Å². The Morgan fingerprint density at radius 3 is 2.74 bits per heavy atom. The molecule has 0 unspecified atom stereocenters. The van der Waals surface area contributed by atoms with E-state index < -0.39 is 0 Å². The fraction of sp³-hybridized carbons (Fsp3) is 0.300. The number of carbonyl (C=O) groups excluding carboxylic acids is 1. The van der Waals surface area contributed by atoms with Crippen LogP contribution in [0.3, 0.4) is 0 Å². The Bertz CT molecular complexity index is 954. The summed E-state index contributed by atoms with van der Waals surface area (Å²) in [6.07, 6.45) is 0. The third kappa shape index (κ3) is 4.80. The number of aryl methyl sites for hydroxylation is 1. The smallest absolute Gasteiger partial charge is 0.292 e. The molecular formula is C20H22BrN3O3. The van der Waals surface area contributed by atoms with Crippen LogP contribution in [-0.4, -0.2) is 15.7 Å². The summed E-state index contributed by atoms with van der Waals surface area (Å²) in [5, 5.41) is 7.32. The summed E-state index contributed by atoms with van der Waals surface area (Å²) in [5.41, 5.74) is 0.589. The predicted molar refractivity (Wildman–Crippen MR) is 107 cm³/mol. The molecule has 0 aliphatic rings. The normalized spacial score (nSPS) is 11.4. The van der Waals surface area contributed by atoms with E-state index >= 15 is 0 Å². The van der Waals surface area contributed by atoms with Crippen LogP contribution in [0.1, 0.15) is 42.8 Å². The molecule has 1 N–H and O–H groups in total. The Balaban J connectivity index is 1.67. The monoisotopic (exact) mass is 431 g/mol. The zero-order chi connectivity index (χ0) is 19.6. The molecule has 2 aromatic heterocycles. The van der Waals surface area contributed by atoms with E-state index in [-0.39, 0.29) is 23.8 Å². The maximum atomic E-state index is 12.5. The van der Waals surface area contributed by atoms with Crippen molar-refractivity contribution in [2.75, 3.05) is 5.32 Å². The Labute approximate surface area is 166 Å². The number of ether oxygens (including phenoxy) is 1. The third-order valence-corrected chi connectivity index (χ3v) is 4.26. The number of nitrogens with one attached hydrogen (secondary N) is 1.